The molecule has 0 spiro atoms. The monoisotopic (exact) mass is 324 g/mol. The molecule has 1 aliphatic rings. The van der Waals surface area contributed by atoms with Gasteiger partial charge in [0, 0.05) is 16.9 Å². The lowest BCUT2D eigenvalue weighted by molar-refractivity contribution is -0.122. The number of carbonyl (C=O) groups is 1. The Bertz CT molecular complexity index is 430. The van der Waals surface area contributed by atoms with Crippen LogP contribution in [0.25, 0.3) is 0 Å². The van der Waals surface area contributed by atoms with Crippen molar-refractivity contribution in [2.75, 3.05) is 27.2 Å². The Balaban J connectivity index is 1.73. The van der Waals surface area contributed by atoms with Gasteiger partial charge in [-0.15, -0.1) is 0 Å². The van der Waals surface area contributed by atoms with Gasteiger partial charge in [0.2, 0.25) is 5.91 Å². The minimum atomic E-state index is 0.181. The maximum atomic E-state index is 12.0. The van der Waals surface area contributed by atoms with Crippen molar-refractivity contribution in [3.8, 4) is 0 Å². The molecule has 3 nitrogen and oxygen atoms in total. The second-order valence-corrected chi connectivity index (χ2v) is 6.36. The van der Waals surface area contributed by atoms with E-state index >= 15 is 0 Å². The Morgan fingerprint density at radius 3 is 2.68 bits per heavy atom. The van der Waals surface area contributed by atoms with Crippen LogP contribution in [-0.4, -0.2) is 38.0 Å². The van der Waals surface area contributed by atoms with Gasteiger partial charge >= 0.3 is 0 Å². The molecule has 1 aliphatic carbocycles. The predicted molar refractivity (Wildman–Crippen MR) is 81.2 cm³/mol. The fraction of sp³-hybridized carbons (Fsp3) is 0.533. The van der Waals surface area contributed by atoms with Crippen molar-refractivity contribution in [1.82, 2.24) is 10.2 Å². The summed E-state index contributed by atoms with van der Waals surface area (Å²) in [4.78, 5) is 14.1. The predicted octanol–water partition coefficient (Wildman–Crippen LogP) is 2.62. The lowest BCUT2D eigenvalue weighted by atomic mass is 10.1. The van der Waals surface area contributed by atoms with Gasteiger partial charge in [-0.05, 0) is 57.1 Å². The molecule has 0 aromatic heterocycles. The highest BCUT2D eigenvalue weighted by molar-refractivity contribution is 9.10. The van der Waals surface area contributed by atoms with E-state index in [-0.39, 0.29) is 11.8 Å². The summed E-state index contributed by atoms with van der Waals surface area (Å²) in [7, 11) is 4.10. The van der Waals surface area contributed by atoms with Crippen molar-refractivity contribution in [3.05, 3.63) is 34.3 Å². The zero-order valence-corrected chi connectivity index (χ0v) is 13.1. The SMILES string of the molecule is CN(C)CCCNC(=O)[C@@H]1C[C@H]1c1ccc(Br)cc1. The zero-order valence-electron chi connectivity index (χ0n) is 11.5. The lowest BCUT2D eigenvalue weighted by Gasteiger charge is -2.09. The van der Waals surface area contributed by atoms with E-state index in [9.17, 15) is 4.79 Å². The van der Waals surface area contributed by atoms with Crippen LogP contribution < -0.4 is 5.32 Å². The molecule has 0 saturated heterocycles. The molecule has 0 heterocycles. The van der Waals surface area contributed by atoms with Crippen LogP contribution in [0.1, 0.15) is 24.3 Å². The summed E-state index contributed by atoms with van der Waals surface area (Å²) in [6.45, 7) is 1.79. The Morgan fingerprint density at radius 2 is 2.05 bits per heavy atom. The number of carbonyl (C=O) groups excluding carboxylic acids is 1. The third kappa shape index (κ3) is 4.32. The van der Waals surface area contributed by atoms with E-state index in [0.717, 1.165) is 30.4 Å². The second-order valence-electron chi connectivity index (χ2n) is 5.45. The second kappa shape index (κ2) is 6.53. The van der Waals surface area contributed by atoms with Gasteiger partial charge in [0.15, 0.2) is 0 Å². The van der Waals surface area contributed by atoms with Crippen LogP contribution >= 0.6 is 15.9 Å². The summed E-state index contributed by atoms with van der Waals surface area (Å²) in [5.41, 5.74) is 1.27. The third-order valence-corrected chi connectivity index (χ3v) is 4.04. The first-order chi connectivity index (χ1) is 9.08. The van der Waals surface area contributed by atoms with E-state index < -0.39 is 0 Å². The summed E-state index contributed by atoms with van der Waals surface area (Å²) in [6, 6.07) is 8.29. The number of rotatable bonds is 6. The highest BCUT2D eigenvalue weighted by atomic mass is 79.9. The smallest absolute Gasteiger partial charge is 0.223 e. The summed E-state index contributed by atoms with van der Waals surface area (Å²) in [5.74, 6) is 0.814. The van der Waals surface area contributed by atoms with E-state index in [2.05, 4.69) is 38.3 Å². The molecule has 0 bridgehead atoms. The Kier molecular flexibility index (Phi) is 4.99. The standard InChI is InChI=1S/C15H21BrN2O/c1-18(2)9-3-8-17-15(19)14-10-13(14)11-4-6-12(16)7-5-11/h4-7,13-14H,3,8-10H2,1-2H3,(H,17,19)/t13-,14+/m0/s1. The molecule has 0 unspecified atom stereocenters. The van der Waals surface area contributed by atoms with Crippen molar-refractivity contribution in [3.63, 3.8) is 0 Å². The van der Waals surface area contributed by atoms with Crippen LogP contribution in [0.5, 0.6) is 0 Å². The summed E-state index contributed by atoms with van der Waals surface area (Å²) in [5, 5.41) is 3.04. The summed E-state index contributed by atoms with van der Waals surface area (Å²) >= 11 is 3.43. The van der Waals surface area contributed by atoms with Crippen LogP contribution in [0, 0.1) is 5.92 Å². The fourth-order valence-electron chi connectivity index (χ4n) is 2.30. The van der Waals surface area contributed by atoms with Crippen LogP contribution in [0.15, 0.2) is 28.7 Å². The maximum Gasteiger partial charge on any atom is 0.223 e. The molecule has 19 heavy (non-hydrogen) atoms. The molecular formula is C15H21BrN2O. The van der Waals surface area contributed by atoms with E-state index in [1.165, 1.54) is 5.56 Å². The number of nitrogens with one attached hydrogen (secondary N) is 1. The zero-order chi connectivity index (χ0) is 13.8. The van der Waals surface area contributed by atoms with E-state index in [0.29, 0.717) is 5.92 Å². The average molecular weight is 325 g/mol. The minimum absolute atomic E-state index is 0.181. The molecule has 2 atom stereocenters. The van der Waals surface area contributed by atoms with Gasteiger partial charge in [-0.25, -0.2) is 0 Å². The maximum absolute atomic E-state index is 12.0. The molecule has 0 aliphatic heterocycles. The molecule has 4 heteroatoms. The molecule has 2 rings (SSSR count). The van der Waals surface area contributed by atoms with Gasteiger partial charge in [-0.1, -0.05) is 28.1 Å². The molecule has 1 aromatic rings. The Morgan fingerprint density at radius 1 is 1.37 bits per heavy atom. The first-order valence-electron chi connectivity index (χ1n) is 6.76. The molecule has 104 valence electrons. The third-order valence-electron chi connectivity index (χ3n) is 3.51. The van der Waals surface area contributed by atoms with E-state index in [4.69, 9.17) is 0 Å². The highest BCUT2D eigenvalue weighted by Crippen LogP contribution is 2.47. The Hall–Kier alpha value is -0.870. The van der Waals surface area contributed by atoms with Crippen molar-refractivity contribution < 1.29 is 4.79 Å². The van der Waals surface area contributed by atoms with Crippen molar-refractivity contribution in [2.45, 2.75) is 18.8 Å². The van der Waals surface area contributed by atoms with Crippen molar-refractivity contribution >= 4 is 21.8 Å². The minimum Gasteiger partial charge on any atom is -0.356 e. The number of benzene rings is 1. The van der Waals surface area contributed by atoms with E-state index in [1.54, 1.807) is 0 Å². The molecule has 1 fully saturated rings. The van der Waals surface area contributed by atoms with Crippen LogP contribution in [-0.2, 0) is 4.79 Å². The number of amides is 1. The first-order valence-corrected chi connectivity index (χ1v) is 7.55. The number of hydrogen-bond donors (Lipinski definition) is 1. The van der Waals surface area contributed by atoms with Gasteiger partial charge in [-0.3, -0.25) is 4.79 Å². The highest BCUT2D eigenvalue weighted by Gasteiger charge is 2.43. The molecule has 0 radical (unpaired) electrons. The molecular weight excluding hydrogens is 304 g/mol. The summed E-state index contributed by atoms with van der Waals surface area (Å²) in [6.07, 6.45) is 2.00. The number of halogens is 1. The Labute approximate surface area is 123 Å². The molecule has 1 N–H and O–H groups in total. The molecule has 1 aromatic carbocycles. The molecule has 1 saturated carbocycles. The summed E-state index contributed by atoms with van der Waals surface area (Å²) < 4.78 is 1.08. The number of hydrogen-bond acceptors (Lipinski definition) is 2. The first kappa shape index (κ1) is 14.5. The van der Waals surface area contributed by atoms with Gasteiger partial charge < -0.3 is 10.2 Å². The van der Waals surface area contributed by atoms with Crippen LogP contribution in [0.3, 0.4) is 0 Å². The number of nitrogens with zero attached hydrogens (tertiary/aromatic N) is 1. The van der Waals surface area contributed by atoms with Gasteiger partial charge in [0.05, 0.1) is 0 Å². The van der Waals surface area contributed by atoms with Crippen LogP contribution in [0.2, 0.25) is 0 Å². The molecule has 1 amide bonds. The largest absolute Gasteiger partial charge is 0.356 e. The normalized spacial score (nSPS) is 21.5. The van der Waals surface area contributed by atoms with Crippen molar-refractivity contribution in [1.29, 1.82) is 0 Å². The quantitative estimate of drug-likeness (QED) is 0.816. The average Bonchev–Trinajstić information content (AvgIpc) is 3.15. The fourth-order valence-corrected chi connectivity index (χ4v) is 2.57. The van der Waals surface area contributed by atoms with Crippen molar-refractivity contribution in [2.24, 2.45) is 5.92 Å². The van der Waals surface area contributed by atoms with Gasteiger partial charge in [-0.2, -0.15) is 0 Å². The van der Waals surface area contributed by atoms with E-state index in [1.807, 2.05) is 26.2 Å². The van der Waals surface area contributed by atoms with Gasteiger partial charge in [0.1, 0.15) is 0 Å². The van der Waals surface area contributed by atoms with Gasteiger partial charge in [0.25, 0.3) is 0 Å². The lowest BCUT2D eigenvalue weighted by Crippen LogP contribution is -2.28. The van der Waals surface area contributed by atoms with Crippen LogP contribution in [0.4, 0.5) is 0 Å². The topological polar surface area (TPSA) is 32.3 Å².